The van der Waals surface area contributed by atoms with E-state index in [0.717, 1.165) is 80.5 Å². The van der Waals surface area contributed by atoms with Crippen LogP contribution < -0.4 is 21.1 Å². The van der Waals surface area contributed by atoms with Crippen LogP contribution in [0.2, 0.25) is 0 Å². The van der Waals surface area contributed by atoms with Gasteiger partial charge in [0, 0.05) is 51.3 Å². The molecule has 1 aliphatic rings. The van der Waals surface area contributed by atoms with Gasteiger partial charge in [0.2, 0.25) is 0 Å². The number of hydrogen-bond donors (Lipinski definition) is 3. The summed E-state index contributed by atoms with van der Waals surface area (Å²) in [6.07, 6.45) is 6.73. The third-order valence-electron chi connectivity index (χ3n) is 6.49. The van der Waals surface area contributed by atoms with Crippen LogP contribution in [0.5, 0.6) is 5.75 Å². The zero-order valence-corrected chi connectivity index (χ0v) is 23.0. The van der Waals surface area contributed by atoms with Gasteiger partial charge in [-0.1, -0.05) is 58.9 Å². The van der Waals surface area contributed by atoms with Crippen LogP contribution >= 0.6 is 0 Å². The van der Waals surface area contributed by atoms with Gasteiger partial charge in [0.1, 0.15) is 11.6 Å². The van der Waals surface area contributed by atoms with Gasteiger partial charge >= 0.3 is 0 Å². The molecule has 2 rings (SSSR count). The SMILES string of the molecule is C=CN(Cc1ccc(CN2CCNCC2)cc1OC)/C(C(=C)CC)=C(/N=C(/N)CC)NCCCCC. The zero-order valence-electron chi connectivity index (χ0n) is 23.0. The third-order valence-corrected chi connectivity index (χ3v) is 6.49. The van der Waals surface area contributed by atoms with Crippen molar-refractivity contribution in [2.75, 3.05) is 39.8 Å². The molecule has 0 atom stereocenters. The maximum atomic E-state index is 6.19. The van der Waals surface area contributed by atoms with Crippen molar-refractivity contribution in [1.82, 2.24) is 20.4 Å². The molecule has 1 aliphatic heterocycles. The van der Waals surface area contributed by atoms with Gasteiger partial charge in [-0.3, -0.25) is 4.90 Å². The van der Waals surface area contributed by atoms with Crippen molar-refractivity contribution in [3.8, 4) is 5.75 Å². The van der Waals surface area contributed by atoms with Crippen LogP contribution in [-0.4, -0.2) is 55.5 Å². The van der Waals surface area contributed by atoms with Crippen LogP contribution in [0.25, 0.3) is 0 Å². The highest BCUT2D eigenvalue weighted by Crippen LogP contribution is 2.28. The fourth-order valence-electron chi connectivity index (χ4n) is 4.22. The first kappa shape index (κ1) is 29.5. The first-order chi connectivity index (χ1) is 17.5. The van der Waals surface area contributed by atoms with Crippen molar-refractivity contribution in [3.05, 3.63) is 65.8 Å². The molecule has 0 aromatic heterocycles. The quantitative estimate of drug-likeness (QED) is 0.133. The summed E-state index contributed by atoms with van der Waals surface area (Å²) >= 11 is 0. The minimum absolute atomic E-state index is 0.591. The normalized spacial score (nSPS) is 15.3. The Balaban J connectivity index is 2.37. The predicted molar refractivity (Wildman–Crippen MR) is 153 cm³/mol. The number of piperazine rings is 1. The van der Waals surface area contributed by atoms with E-state index in [2.05, 4.69) is 65.6 Å². The van der Waals surface area contributed by atoms with Crippen LogP contribution in [0.4, 0.5) is 0 Å². The number of methoxy groups -OCH3 is 1. The van der Waals surface area contributed by atoms with E-state index >= 15 is 0 Å². The van der Waals surface area contributed by atoms with Crippen LogP contribution in [0.15, 0.2) is 59.6 Å². The van der Waals surface area contributed by atoms with Gasteiger partial charge in [-0.25, -0.2) is 4.99 Å². The minimum atomic E-state index is 0.591. The van der Waals surface area contributed by atoms with E-state index in [0.29, 0.717) is 18.8 Å². The number of aliphatic imine (C=N–C) groups is 1. The molecule has 0 amide bonds. The number of unbranched alkanes of at least 4 members (excludes halogenated alkanes) is 2. The van der Waals surface area contributed by atoms with E-state index in [-0.39, 0.29) is 0 Å². The lowest BCUT2D eigenvalue weighted by atomic mass is 10.1. The second-order valence-electron chi connectivity index (χ2n) is 9.23. The Morgan fingerprint density at radius 3 is 2.58 bits per heavy atom. The van der Waals surface area contributed by atoms with Crippen molar-refractivity contribution in [3.63, 3.8) is 0 Å². The molecular weight excluding hydrogens is 448 g/mol. The standard InChI is InChI=1S/C29H48N6O/c1-7-11-12-15-32-29(33-27(30)9-3)28(23(5)8-2)35(10-4)22-25-14-13-24(20-26(25)36-6)21-34-18-16-31-17-19-34/h10,13-14,20,31-32H,4-5,7-9,11-12,15-19,21-22H2,1-3,6H3,(H2,30,33)/b29-28+. The van der Waals surface area contributed by atoms with Gasteiger partial charge < -0.3 is 26.0 Å². The Hall–Kier alpha value is -2.77. The van der Waals surface area contributed by atoms with Crippen molar-refractivity contribution < 1.29 is 4.74 Å². The second kappa shape index (κ2) is 16.1. The number of hydrogen-bond acceptors (Lipinski definition) is 6. The van der Waals surface area contributed by atoms with Gasteiger partial charge in [-0.15, -0.1) is 0 Å². The van der Waals surface area contributed by atoms with Crippen molar-refractivity contribution in [2.45, 2.75) is 66.0 Å². The lowest BCUT2D eigenvalue weighted by molar-refractivity contribution is 0.233. The largest absolute Gasteiger partial charge is 0.496 e. The van der Waals surface area contributed by atoms with Crippen molar-refractivity contribution >= 4 is 5.84 Å². The Morgan fingerprint density at radius 2 is 1.97 bits per heavy atom. The third kappa shape index (κ3) is 9.03. The molecule has 1 fully saturated rings. The fourth-order valence-corrected chi connectivity index (χ4v) is 4.22. The lowest BCUT2D eigenvalue weighted by Gasteiger charge is -2.29. The molecule has 0 spiro atoms. The Morgan fingerprint density at radius 1 is 1.22 bits per heavy atom. The van der Waals surface area contributed by atoms with E-state index in [9.17, 15) is 0 Å². The van der Waals surface area contributed by atoms with Crippen LogP contribution in [0, 0.1) is 0 Å². The summed E-state index contributed by atoms with van der Waals surface area (Å²) in [5.74, 6) is 2.23. The number of rotatable bonds is 16. The van der Waals surface area contributed by atoms with Gasteiger partial charge in [-0.05, 0) is 36.2 Å². The van der Waals surface area contributed by atoms with E-state index in [1.165, 1.54) is 18.4 Å². The molecule has 7 nitrogen and oxygen atoms in total. The molecule has 0 saturated carbocycles. The number of allylic oxidation sites excluding steroid dienone is 1. The summed E-state index contributed by atoms with van der Waals surface area (Å²) in [6.45, 7) is 21.4. The molecule has 200 valence electrons. The number of nitrogens with one attached hydrogen (secondary N) is 2. The van der Waals surface area contributed by atoms with Crippen molar-refractivity contribution in [1.29, 1.82) is 0 Å². The van der Waals surface area contributed by atoms with E-state index in [1.54, 1.807) is 7.11 Å². The average molecular weight is 497 g/mol. The molecule has 7 heteroatoms. The fraction of sp³-hybridized carbons (Fsp3) is 0.552. The second-order valence-corrected chi connectivity index (χ2v) is 9.23. The van der Waals surface area contributed by atoms with Gasteiger partial charge in [0.05, 0.1) is 19.4 Å². The van der Waals surface area contributed by atoms with Crippen LogP contribution in [-0.2, 0) is 13.1 Å². The topological polar surface area (TPSA) is 78.1 Å². The molecule has 1 saturated heterocycles. The van der Waals surface area contributed by atoms with Gasteiger partial charge in [0.25, 0.3) is 0 Å². The highest BCUT2D eigenvalue weighted by molar-refractivity contribution is 5.81. The Kier molecular flexibility index (Phi) is 13.1. The summed E-state index contributed by atoms with van der Waals surface area (Å²) in [5, 5.41) is 6.95. The van der Waals surface area contributed by atoms with E-state index in [4.69, 9.17) is 15.5 Å². The smallest absolute Gasteiger partial charge is 0.152 e. The molecule has 1 heterocycles. The summed E-state index contributed by atoms with van der Waals surface area (Å²) in [4.78, 5) is 9.34. The maximum absolute atomic E-state index is 6.19. The number of nitrogens with zero attached hydrogens (tertiary/aromatic N) is 3. The molecule has 36 heavy (non-hydrogen) atoms. The van der Waals surface area contributed by atoms with Gasteiger partial charge in [0.15, 0.2) is 5.82 Å². The van der Waals surface area contributed by atoms with E-state index < -0.39 is 0 Å². The van der Waals surface area contributed by atoms with Crippen LogP contribution in [0.1, 0.15) is 64.0 Å². The lowest BCUT2D eigenvalue weighted by Crippen LogP contribution is -2.42. The summed E-state index contributed by atoms with van der Waals surface area (Å²) in [7, 11) is 1.74. The summed E-state index contributed by atoms with van der Waals surface area (Å²) < 4.78 is 5.83. The molecule has 0 radical (unpaired) electrons. The molecule has 0 bridgehead atoms. The van der Waals surface area contributed by atoms with Crippen LogP contribution in [0.3, 0.4) is 0 Å². The molecule has 4 N–H and O–H groups in total. The first-order valence-corrected chi connectivity index (χ1v) is 13.4. The molecular formula is C29H48N6O. The number of ether oxygens (including phenoxy) is 1. The minimum Gasteiger partial charge on any atom is -0.496 e. The molecule has 0 aliphatic carbocycles. The molecule has 1 aromatic rings. The number of benzene rings is 1. The van der Waals surface area contributed by atoms with Crippen molar-refractivity contribution in [2.24, 2.45) is 10.7 Å². The summed E-state index contributed by atoms with van der Waals surface area (Å²) in [5.41, 5.74) is 10.4. The highest BCUT2D eigenvalue weighted by atomic mass is 16.5. The molecule has 0 unspecified atom stereocenters. The van der Waals surface area contributed by atoms with Gasteiger partial charge in [-0.2, -0.15) is 0 Å². The summed E-state index contributed by atoms with van der Waals surface area (Å²) in [6, 6.07) is 6.53. The predicted octanol–water partition coefficient (Wildman–Crippen LogP) is 4.73. The number of amidine groups is 1. The highest BCUT2D eigenvalue weighted by Gasteiger charge is 2.19. The molecule has 1 aromatic carbocycles. The average Bonchev–Trinajstić information content (AvgIpc) is 2.91. The zero-order chi connectivity index (χ0) is 26.3. The monoisotopic (exact) mass is 496 g/mol. The maximum Gasteiger partial charge on any atom is 0.152 e. The number of nitrogens with two attached hydrogens (primary N) is 1. The Bertz CT molecular complexity index is 901. The first-order valence-electron chi connectivity index (χ1n) is 13.4. The van der Waals surface area contributed by atoms with E-state index in [1.807, 2.05) is 13.1 Å². The Labute approximate surface area is 219 Å².